The number of anilines is 1. The molecular formula is C16H22N4O2. The van der Waals surface area contributed by atoms with Crippen LogP contribution in [-0.2, 0) is 0 Å². The van der Waals surface area contributed by atoms with Gasteiger partial charge < -0.3 is 15.7 Å². The molecule has 0 aliphatic rings. The molecular weight excluding hydrogens is 280 g/mol. The van der Waals surface area contributed by atoms with E-state index in [1.807, 2.05) is 38.2 Å². The molecule has 0 saturated carbocycles. The summed E-state index contributed by atoms with van der Waals surface area (Å²) in [5.41, 5.74) is 1.61. The van der Waals surface area contributed by atoms with Crippen LogP contribution in [0.5, 0.6) is 0 Å². The minimum Gasteiger partial charge on any atom is -0.391 e. The highest BCUT2D eigenvalue weighted by atomic mass is 16.3. The first-order chi connectivity index (χ1) is 10.5. The topological polar surface area (TPSA) is 79.2 Å². The SMILES string of the molecule is CC(C)CC(O)CNC(=O)Nc1ccc(-n2cccn2)cc1. The molecule has 0 fully saturated rings. The van der Waals surface area contributed by atoms with Crippen LogP contribution >= 0.6 is 0 Å². The Labute approximate surface area is 130 Å². The Hall–Kier alpha value is -2.34. The molecule has 0 aliphatic heterocycles. The van der Waals surface area contributed by atoms with Gasteiger partial charge in [0.1, 0.15) is 0 Å². The van der Waals surface area contributed by atoms with Crippen molar-refractivity contribution in [2.75, 3.05) is 11.9 Å². The van der Waals surface area contributed by atoms with Gasteiger partial charge in [-0.3, -0.25) is 0 Å². The number of aliphatic hydroxyl groups is 1. The van der Waals surface area contributed by atoms with E-state index >= 15 is 0 Å². The number of carbonyl (C=O) groups excluding carboxylic acids is 1. The number of hydrogen-bond acceptors (Lipinski definition) is 3. The van der Waals surface area contributed by atoms with Gasteiger partial charge in [0.05, 0.1) is 11.8 Å². The van der Waals surface area contributed by atoms with Crippen LogP contribution in [0.3, 0.4) is 0 Å². The molecule has 22 heavy (non-hydrogen) atoms. The van der Waals surface area contributed by atoms with Crippen LogP contribution in [0.25, 0.3) is 5.69 Å². The Kier molecular flexibility index (Phi) is 5.55. The predicted octanol–water partition coefficient (Wildman–Crippen LogP) is 2.40. The van der Waals surface area contributed by atoms with E-state index in [0.717, 1.165) is 5.69 Å². The third kappa shape index (κ3) is 4.89. The monoisotopic (exact) mass is 302 g/mol. The van der Waals surface area contributed by atoms with Crippen molar-refractivity contribution < 1.29 is 9.90 Å². The second-order valence-electron chi connectivity index (χ2n) is 5.62. The first-order valence-corrected chi connectivity index (χ1v) is 7.37. The summed E-state index contributed by atoms with van der Waals surface area (Å²) in [5.74, 6) is 0.398. The summed E-state index contributed by atoms with van der Waals surface area (Å²) in [6.07, 6.45) is 3.71. The summed E-state index contributed by atoms with van der Waals surface area (Å²) < 4.78 is 1.74. The molecule has 1 atom stereocenters. The van der Waals surface area contributed by atoms with Crippen LogP contribution in [0.2, 0.25) is 0 Å². The van der Waals surface area contributed by atoms with E-state index < -0.39 is 6.10 Å². The standard InChI is InChI=1S/C16H22N4O2/c1-12(2)10-15(21)11-17-16(22)19-13-4-6-14(7-5-13)20-9-3-8-18-20/h3-9,12,15,21H,10-11H2,1-2H3,(H2,17,19,22). The molecule has 1 heterocycles. The van der Waals surface area contributed by atoms with Gasteiger partial charge in [0.2, 0.25) is 0 Å². The maximum atomic E-state index is 11.8. The average molecular weight is 302 g/mol. The molecule has 6 heteroatoms. The van der Waals surface area contributed by atoms with Gasteiger partial charge in [0, 0.05) is 24.6 Å². The van der Waals surface area contributed by atoms with Gasteiger partial charge in [-0.25, -0.2) is 9.48 Å². The normalized spacial score (nSPS) is 12.2. The van der Waals surface area contributed by atoms with Gasteiger partial charge in [-0.2, -0.15) is 5.10 Å². The summed E-state index contributed by atoms with van der Waals surface area (Å²) in [6, 6.07) is 8.88. The second-order valence-corrected chi connectivity index (χ2v) is 5.62. The van der Waals surface area contributed by atoms with E-state index in [9.17, 15) is 9.90 Å². The highest BCUT2D eigenvalue weighted by molar-refractivity contribution is 5.89. The van der Waals surface area contributed by atoms with Crippen LogP contribution < -0.4 is 10.6 Å². The molecule has 0 bridgehead atoms. The number of hydrogen-bond donors (Lipinski definition) is 3. The van der Waals surface area contributed by atoms with E-state index in [-0.39, 0.29) is 12.6 Å². The summed E-state index contributed by atoms with van der Waals surface area (Å²) in [5, 5.41) is 19.3. The van der Waals surface area contributed by atoms with Gasteiger partial charge in [0.15, 0.2) is 0 Å². The third-order valence-corrected chi connectivity index (χ3v) is 3.14. The molecule has 0 spiro atoms. The molecule has 0 saturated heterocycles. The van der Waals surface area contributed by atoms with Gasteiger partial charge in [-0.15, -0.1) is 0 Å². The van der Waals surface area contributed by atoms with Crippen molar-refractivity contribution in [1.29, 1.82) is 0 Å². The smallest absolute Gasteiger partial charge is 0.319 e. The van der Waals surface area contributed by atoms with Gasteiger partial charge in [0.25, 0.3) is 0 Å². The van der Waals surface area contributed by atoms with Crippen LogP contribution in [0.1, 0.15) is 20.3 Å². The number of benzene rings is 1. The van der Waals surface area contributed by atoms with Gasteiger partial charge in [-0.1, -0.05) is 13.8 Å². The molecule has 1 aromatic heterocycles. The zero-order valence-electron chi connectivity index (χ0n) is 12.9. The van der Waals surface area contributed by atoms with Crippen molar-refractivity contribution in [3.05, 3.63) is 42.7 Å². The zero-order valence-corrected chi connectivity index (χ0v) is 12.9. The molecule has 1 unspecified atom stereocenters. The van der Waals surface area contributed by atoms with Crippen LogP contribution in [0.15, 0.2) is 42.7 Å². The first kappa shape index (κ1) is 16.0. The molecule has 1 aromatic carbocycles. The zero-order chi connectivity index (χ0) is 15.9. The fourth-order valence-corrected chi connectivity index (χ4v) is 2.13. The largest absolute Gasteiger partial charge is 0.391 e. The highest BCUT2D eigenvalue weighted by Crippen LogP contribution is 2.12. The third-order valence-electron chi connectivity index (χ3n) is 3.14. The predicted molar refractivity (Wildman–Crippen MR) is 86.0 cm³/mol. The summed E-state index contributed by atoms with van der Waals surface area (Å²) in [7, 11) is 0. The maximum absolute atomic E-state index is 11.8. The minimum atomic E-state index is -0.520. The number of aliphatic hydroxyl groups excluding tert-OH is 1. The van der Waals surface area contributed by atoms with E-state index in [4.69, 9.17) is 0 Å². The molecule has 2 amide bonds. The Bertz CT molecular complexity index is 579. The molecule has 2 rings (SSSR count). The Morgan fingerprint density at radius 3 is 2.64 bits per heavy atom. The Morgan fingerprint density at radius 2 is 2.05 bits per heavy atom. The lowest BCUT2D eigenvalue weighted by atomic mass is 10.1. The number of carbonyl (C=O) groups is 1. The molecule has 0 aliphatic carbocycles. The summed E-state index contributed by atoms with van der Waals surface area (Å²) >= 11 is 0. The Morgan fingerprint density at radius 1 is 1.32 bits per heavy atom. The highest BCUT2D eigenvalue weighted by Gasteiger charge is 2.09. The van der Waals surface area contributed by atoms with E-state index in [2.05, 4.69) is 15.7 Å². The van der Waals surface area contributed by atoms with E-state index in [1.165, 1.54) is 0 Å². The number of nitrogens with zero attached hydrogens (tertiary/aromatic N) is 2. The van der Waals surface area contributed by atoms with Crippen molar-refractivity contribution in [2.24, 2.45) is 5.92 Å². The second kappa shape index (κ2) is 7.61. The number of urea groups is 1. The van der Waals surface area contributed by atoms with Crippen molar-refractivity contribution in [2.45, 2.75) is 26.4 Å². The lowest BCUT2D eigenvalue weighted by molar-refractivity contribution is 0.148. The fraction of sp³-hybridized carbons (Fsp3) is 0.375. The number of nitrogens with one attached hydrogen (secondary N) is 2. The Balaban J connectivity index is 1.82. The number of amides is 2. The lowest BCUT2D eigenvalue weighted by Gasteiger charge is -2.14. The molecule has 0 radical (unpaired) electrons. The first-order valence-electron chi connectivity index (χ1n) is 7.37. The van der Waals surface area contributed by atoms with Crippen LogP contribution in [-0.4, -0.2) is 33.6 Å². The minimum absolute atomic E-state index is 0.245. The maximum Gasteiger partial charge on any atom is 0.319 e. The van der Waals surface area contributed by atoms with Gasteiger partial charge >= 0.3 is 6.03 Å². The van der Waals surface area contributed by atoms with Crippen LogP contribution in [0.4, 0.5) is 10.5 Å². The van der Waals surface area contributed by atoms with Crippen molar-refractivity contribution in [3.8, 4) is 5.69 Å². The van der Waals surface area contributed by atoms with Crippen molar-refractivity contribution in [3.63, 3.8) is 0 Å². The molecule has 3 N–H and O–H groups in total. The number of aromatic nitrogens is 2. The van der Waals surface area contributed by atoms with E-state index in [0.29, 0.717) is 18.0 Å². The molecule has 118 valence electrons. The van der Waals surface area contributed by atoms with Crippen molar-refractivity contribution in [1.82, 2.24) is 15.1 Å². The average Bonchev–Trinajstić information content (AvgIpc) is 2.99. The van der Waals surface area contributed by atoms with E-state index in [1.54, 1.807) is 23.0 Å². The quantitative estimate of drug-likeness (QED) is 0.766. The summed E-state index contributed by atoms with van der Waals surface area (Å²) in [6.45, 7) is 4.31. The molecule has 6 nitrogen and oxygen atoms in total. The van der Waals surface area contributed by atoms with Crippen molar-refractivity contribution >= 4 is 11.7 Å². The number of rotatable bonds is 6. The summed E-state index contributed by atoms with van der Waals surface area (Å²) in [4.78, 5) is 11.8. The van der Waals surface area contributed by atoms with Gasteiger partial charge in [-0.05, 0) is 42.7 Å². The lowest BCUT2D eigenvalue weighted by Crippen LogP contribution is -2.35. The fourth-order valence-electron chi connectivity index (χ4n) is 2.13. The molecule has 2 aromatic rings. The van der Waals surface area contributed by atoms with Crippen LogP contribution in [0, 0.1) is 5.92 Å².